The predicted octanol–water partition coefficient (Wildman–Crippen LogP) is 4.86. The Morgan fingerprint density at radius 2 is 1.68 bits per heavy atom. The molecule has 2 amide bonds. The second-order valence-electron chi connectivity index (χ2n) is 7.83. The van der Waals surface area contributed by atoms with E-state index in [9.17, 15) is 24.6 Å². The van der Waals surface area contributed by atoms with Gasteiger partial charge in [-0.1, -0.05) is 59.1 Å². The van der Waals surface area contributed by atoms with Crippen LogP contribution in [0.1, 0.15) is 34.7 Å². The number of carboxylic acid groups (broad SMARTS) is 1. The average Bonchev–Trinajstić information content (AvgIpc) is 2.77. The van der Waals surface area contributed by atoms with Crippen molar-refractivity contribution in [1.29, 1.82) is 0 Å². The Labute approximate surface area is 205 Å². The van der Waals surface area contributed by atoms with Crippen molar-refractivity contribution < 1.29 is 19.8 Å². The maximum absolute atomic E-state index is 13.1. The molecule has 0 fully saturated rings. The zero-order chi connectivity index (χ0) is 25.0. The summed E-state index contributed by atoms with van der Waals surface area (Å²) in [5.74, 6) is -1.50. The minimum Gasteiger partial charge on any atom is -0.505 e. The van der Waals surface area contributed by atoms with Crippen LogP contribution < -0.4 is 16.2 Å². The Hall–Kier alpha value is -3.49. The van der Waals surface area contributed by atoms with E-state index >= 15 is 0 Å². The first-order valence-electron chi connectivity index (χ1n) is 10.3. The van der Waals surface area contributed by atoms with E-state index in [1.54, 1.807) is 49.4 Å². The molecular weight excluding hydrogens is 481 g/mol. The molecule has 0 aliphatic rings. The van der Waals surface area contributed by atoms with E-state index in [1.807, 2.05) is 6.92 Å². The van der Waals surface area contributed by atoms with E-state index in [0.29, 0.717) is 26.7 Å². The number of pyridine rings is 1. The number of nitrogens with one attached hydrogen (secondary N) is 2. The smallest absolute Gasteiger partial charge is 0.319 e. The monoisotopic (exact) mass is 503 g/mol. The van der Waals surface area contributed by atoms with Crippen LogP contribution in [0, 0.1) is 13.8 Å². The van der Waals surface area contributed by atoms with Gasteiger partial charge in [0, 0.05) is 27.4 Å². The lowest BCUT2D eigenvalue weighted by Gasteiger charge is -2.19. The molecule has 0 spiro atoms. The van der Waals surface area contributed by atoms with Crippen LogP contribution in [0.15, 0.2) is 53.5 Å². The molecule has 3 rings (SSSR count). The summed E-state index contributed by atoms with van der Waals surface area (Å²) in [4.78, 5) is 37.1. The molecule has 0 bridgehead atoms. The van der Waals surface area contributed by atoms with Gasteiger partial charge in [-0.25, -0.2) is 4.79 Å². The summed E-state index contributed by atoms with van der Waals surface area (Å²) in [5.41, 5.74) is 1.37. The third kappa shape index (κ3) is 5.89. The van der Waals surface area contributed by atoms with E-state index in [1.165, 1.54) is 10.8 Å². The molecule has 10 heteroatoms. The molecule has 1 heterocycles. The number of benzene rings is 2. The number of amides is 2. The summed E-state index contributed by atoms with van der Waals surface area (Å²) in [6.45, 7) is 3.47. The van der Waals surface area contributed by atoms with E-state index in [2.05, 4.69) is 10.6 Å². The van der Waals surface area contributed by atoms with Crippen molar-refractivity contribution in [2.45, 2.75) is 32.9 Å². The first-order valence-corrected chi connectivity index (χ1v) is 11.0. The highest BCUT2D eigenvalue weighted by Gasteiger charge is 2.21. The standard InChI is InChI=1S/C24H23Cl2N3O5/c1-13-6-8-15(9-7-13)19(10-20(30)31)27-24(34)28-21-22(32)14(2)11-29(23(21)33)12-16-17(25)4-3-5-18(16)26/h3-9,11,19,32H,10,12H2,1-2H3,(H,30,31)(H2,27,28,34)/t19-/m0/s1. The van der Waals surface area contributed by atoms with Crippen molar-refractivity contribution in [2.75, 3.05) is 5.32 Å². The van der Waals surface area contributed by atoms with E-state index < -0.39 is 29.4 Å². The second kappa shape index (κ2) is 10.6. The van der Waals surface area contributed by atoms with Gasteiger partial charge in [0.2, 0.25) is 0 Å². The van der Waals surface area contributed by atoms with Gasteiger partial charge in [0.15, 0.2) is 5.69 Å². The summed E-state index contributed by atoms with van der Waals surface area (Å²) in [6, 6.07) is 10.3. The molecule has 0 saturated carbocycles. The van der Waals surface area contributed by atoms with Gasteiger partial charge in [-0.2, -0.15) is 0 Å². The number of anilines is 1. The molecular formula is C24H23Cl2N3O5. The van der Waals surface area contributed by atoms with Gasteiger partial charge < -0.3 is 25.4 Å². The van der Waals surface area contributed by atoms with Crippen molar-refractivity contribution in [1.82, 2.24) is 9.88 Å². The third-order valence-corrected chi connectivity index (χ3v) is 5.94. The third-order valence-electron chi connectivity index (χ3n) is 5.23. The fourth-order valence-electron chi connectivity index (χ4n) is 3.41. The van der Waals surface area contributed by atoms with Gasteiger partial charge in [0.05, 0.1) is 19.0 Å². The number of halogens is 2. The summed E-state index contributed by atoms with van der Waals surface area (Å²) in [6.07, 6.45) is 1.06. The molecule has 0 saturated heterocycles. The number of aliphatic carboxylic acids is 1. The molecule has 178 valence electrons. The van der Waals surface area contributed by atoms with Crippen molar-refractivity contribution in [3.8, 4) is 5.75 Å². The number of hydrogen-bond acceptors (Lipinski definition) is 4. The Kier molecular flexibility index (Phi) is 7.86. The van der Waals surface area contributed by atoms with Crippen LogP contribution >= 0.6 is 23.2 Å². The number of rotatable bonds is 7. The molecule has 0 radical (unpaired) electrons. The van der Waals surface area contributed by atoms with Crippen LogP contribution in [0.2, 0.25) is 10.0 Å². The molecule has 3 aromatic rings. The number of aryl methyl sites for hydroxylation is 2. The normalized spacial score (nSPS) is 11.6. The van der Waals surface area contributed by atoms with Crippen LogP contribution in [0.5, 0.6) is 5.75 Å². The van der Waals surface area contributed by atoms with Crippen LogP contribution in [0.4, 0.5) is 10.5 Å². The minimum absolute atomic E-state index is 0.0137. The van der Waals surface area contributed by atoms with Crippen LogP contribution in [-0.2, 0) is 11.3 Å². The fraction of sp³-hybridized carbons (Fsp3) is 0.208. The zero-order valence-electron chi connectivity index (χ0n) is 18.4. The van der Waals surface area contributed by atoms with Gasteiger partial charge in [0.1, 0.15) is 5.75 Å². The summed E-state index contributed by atoms with van der Waals surface area (Å²) >= 11 is 12.4. The number of hydrogen-bond donors (Lipinski definition) is 4. The molecule has 0 aliphatic carbocycles. The average molecular weight is 504 g/mol. The fourth-order valence-corrected chi connectivity index (χ4v) is 3.93. The molecule has 34 heavy (non-hydrogen) atoms. The largest absolute Gasteiger partial charge is 0.505 e. The number of urea groups is 1. The lowest BCUT2D eigenvalue weighted by molar-refractivity contribution is -0.137. The predicted molar refractivity (Wildman–Crippen MR) is 131 cm³/mol. The summed E-state index contributed by atoms with van der Waals surface area (Å²) in [7, 11) is 0. The van der Waals surface area contributed by atoms with E-state index in [0.717, 1.165) is 5.56 Å². The Balaban J connectivity index is 1.89. The van der Waals surface area contributed by atoms with Crippen molar-refractivity contribution >= 4 is 40.9 Å². The minimum atomic E-state index is -1.11. The molecule has 4 N–H and O–H groups in total. The molecule has 2 aromatic carbocycles. The Morgan fingerprint density at radius 3 is 2.26 bits per heavy atom. The first kappa shape index (κ1) is 25.1. The Morgan fingerprint density at radius 1 is 1.06 bits per heavy atom. The number of carbonyl (C=O) groups is 2. The quantitative estimate of drug-likeness (QED) is 0.366. The van der Waals surface area contributed by atoms with Crippen LogP contribution in [-0.4, -0.2) is 26.8 Å². The lowest BCUT2D eigenvalue weighted by Crippen LogP contribution is -2.36. The van der Waals surface area contributed by atoms with Gasteiger partial charge in [-0.3, -0.25) is 9.59 Å². The summed E-state index contributed by atoms with van der Waals surface area (Å²) in [5, 5.41) is 25.4. The molecule has 0 aliphatic heterocycles. The number of carbonyl (C=O) groups excluding carboxylic acids is 1. The van der Waals surface area contributed by atoms with Gasteiger partial charge in [-0.15, -0.1) is 0 Å². The molecule has 0 unspecified atom stereocenters. The SMILES string of the molecule is Cc1ccc([C@H](CC(=O)O)NC(=O)Nc2c(O)c(C)cn(Cc3c(Cl)cccc3Cl)c2=O)cc1. The number of carboxylic acids is 1. The van der Waals surface area contributed by atoms with E-state index in [-0.39, 0.29) is 18.7 Å². The zero-order valence-corrected chi connectivity index (χ0v) is 19.9. The second-order valence-corrected chi connectivity index (χ2v) is 8.64. The Bertz CT molecular complexity index is 1270. The highest BCUT2D eigenvalue weighted by Crippen LogP contribution is 2.27. The van der Waals surface area contributed by atoms with E-state index in [4.69, 9.17) is 23.2 Å². The highest BCUT2D eigenvalue weighted by molar-refractivity contribution is 6.36. The number of aromatic nitrogens is 1. The van der Waals surface area contributed by atoms with Crippen LogP contribution in [0.3, 0.4) is 0 Å². The number of aromatic hydroxyl groups is 1. The van der Waals surface area contributed by atoms with Crippen LogP contribution in [0.25, 0.3) is 0 Å². The molecule has 8 nitrogen and oxygen atoms in total. The summed E-state index contributed by atoms with van der Waals surface area (Å²) < 4.78 is 1.27. The first-order chi connectivity index (χ1) is 16.1. The van der Waals surface area contributed by atoms with Crippen molar-refractivity contribution in [3.63, 3.8) is 0 Å². The highest BCUT2D eigenvalue weighted by atomic mass is 35.5. The maximum Gasteiger partial charge on any atom is 0.319 e. The van der Waals surface area contributed by atoms with Crippen molar-refractivity contribution in [2.24, 2.45) is 0 Å². The van der Waals surface area contributed by atoms with Gasteiger partial charge in [0.25, 0.3) is 5.56 Å². The van der Waals surface area contributed by atoms with Gasteiger partial charge in [-0.05, 0) is 31.5 Å². The van der Waals surface area contributed by atoms with Crippen molar-refractivity contribution in [3.05, 3.63) is 91.3 Å². The number of nitrogens with zero attached hydrogens (tertiary/aromatic N) is 1. The van der Waals surface area contributed by atoms with Gasteiger partial charge >= 0.3 is 12.0 Å². The molecule has 1 aromatic heterocycles. The lowest BCUT2D eigenvalue weighted by atomic mass is 10.0. The maximum atomic E-state index is 13.1. The molecule has 1 atom stereocenters. The topological polar surface area (TPSA) is 121 Å².